The standard InChI is InChI=1S/C24H22F2N2O2/c25-19-6-3-17(4-7-19)14-18-5-12-22(27-15-18)23-2-1-13-28(23)24(29)16-30-21-10-8-20(26)9-11-21/h3-12,15,23H,1-2,13-14,16H2/t23-/m0/s1. The second-order valence-corrected chi connectivity index (χ2v) is 7.38. The Morgan fingerprint density at radius 1 is 0.967 bits per heavy atom. The van der Waals surface area contributed by atoms with Gasteiger partial charge in [-0.25, -0.2) is 8.78 Å². The molecule has 1 atom stereocenters. The monoisotopic (exact) mass is 408 g/mol. The average molecular weight is 408 g/mol. The average Bonchev–Trinajstić information content (AvgIpc) is 3.25. The van der Waals surface area contributed by atoms with Gasteiger partial charge in [-0.05, 0) is 72.9 Å². The van der Waals surface area contributed by atoms with Gasteiger partial charge in [0.2, 0.25) is 0 Å². The summed E-state index contributed by atoms with van der Waals surface area (Å²) in [6, 6.07) is 15.9. The molecule has 2 heterocycles. The van der Waals surface area contributed by atoms with Crippen molar-refractivity contribution < 1.29 is 18.3 Å². The number of nitrogens with zero attached hydrogens (tertiary/aromatic N) is 2. The molecule has 3 aromatic rings. The zero-order chi connectivity index (χ0) is 20.9. The van der Waals surface area contributed by atoms with E-state index in [1.165, 1.54) is 36.4 Å². The van der Waals surface area contributed by atoms with Gasteiger partial charge in [0, 0.05) is 12.7 Å². The Morgan fingerprint density at radius 3 is 2.30 bits per heavy atom. The number of hydrogen-bond acceptors (Lipinski definition) is 3. The van der Waals surface area contributed by atoms with E-state index in [4.69, 9.17) is 4.74 Å². The van der Waals surface area contributed by atoms with Crippen molar-refractivity contribution in [3.05, 3.63) is 95.3 Å². The lowest BCUT2D eigenvalue weighted by Gasteiger charge is -2.24. The summed E-state index contributed by atoms with van der Waals surface area (Å²) in [6.45, 7) is 0.570. The summed E-state index contributed by atoms with van der Waals surface area (Å²) in [5.74, 6) is -0.244. The molecule has 0 saturated carbocycles. The van der Waals surface area contributed by atoms with Crippen LogP contribution in [0.15, 0.2) is 66.9 Å². The van der Waals surface area contributed by atoms with Crippen LogP contribution < -0.4 is 4.74 Å². The number of carbonyl (C=O) groups is 1. The highest BCUT2D eigenvalue weighted by atomic mass is 19.1. The number of hydrogen-bond donors (Lipinski definition) is 0. The maximum Gasteiger partial charge on any atom is 0.261 e. The third-order valence-corrected chi connectivity index (χ3v) is 5.26. The number of likely N-dealkylation sites (tertiary alicyclic amines) is 1. The fraction of sp³-hybridized carbons (Fsp3) is 0.250. The van der Waals surface area contributed by atoms with Crippen molar-refractivity contribution >= 4 is 5.91 Å². The minimum Gasteiger partial charge on any atom is -0.484 e. The number of benzene rings is 2. The van der Waals surface area contributed by atoms with E-state index >= 15 is 0 Å². The topological polar surface area (TPSA) is 42.4 Å². The van der Waals surface area contributed by atoms with Crippen LogP contribution in [0.5, 0.6) is 5.75 Å². The minimum atomic E-state index is -0.345. The molecular weight excluding hydrogens is 386 g/mol. The van der Waals surface area contributed by atoms with E-state index < -0.39 is 0 Å². The predicted molar refractivity (Wildman–Crippen MR) is 109 cm³/mol. The minimum absolute atomic E-state index is 0.0748. The summed E-state index contributed by atoms with van der Waals surface area (Å²) < 4.78 is 31.5. The summed E-state index contributed by atoms with van der Waals surface area (Å²) in [5, 5.41) is 0. The molecule has 6 heteroatoms. The molecule has 1 aromatic heterocycles. The lowest BCUT2D eigenvalue weighted by molar-refractivity contribution is -0.134. The maximum absolute atomic E-state index is 13.1. The van der Waals surface area contributed by atoms with Crippen LogP contribution in [0.3, 0.4) is 0 Å². The van der Waals surface area contributed by atoms with Crippen LogP contribution in [0.25, 0.3) is 0 Å². The number of carbonyl (C=O) groups excluding carboxylic acids is 1. The second kappa shape index (κ2) is 9.03. The molecule has 0 aliphatic carbocycles. The first-order valence-electron chi connectivity index (χ1n) is 9.95. The van der Waals surface area contributed by atoms with E-state index in [0.29, 0.717) is 18.7 Å². The fourth-order valence-electron chi connectivity index (χ4n) is 3.71. The first-order chi connectivity index (χ1) is 14.6. The lowest BCUT2D eigenvalue weighted by atomic mass is 10.0. The van der Waals surface area contributed by atoms with Crippen molar-refractivity contribution in [1.82, 2.24) is 9.88 Å². The van der Waals surface area contributed by atoms with Crippen molar-refractivity contribution in [2.75, 3.05) is 13.2 Å². The van der Waals surface area contributed by atoms with Crippen molar-refractivity contribution in [1.29, 1.82) is 0 Å². The van der Waals surface area contributed by atoms with E-state index in [1.807, 2.05) is 18.3 Å². The Labute approximate surface area is 174 Å². The van der Waals surface area contributed by atoms with Gasteiger partial charge in [0.05, 0.1) is 11.7 Å². The molecule has 0 spiro atoms. The highest BCUT2D eigenvalue weighted by molar-refractivity contribution is 5.78. The Hall–Kier alpha value is -3.28. The molecule has 1 amide bonds. The molecule has 1 saturated heterocycles. The molecule has 2 aromatic carbocycles. The maximum atomic E-state index is 13.1. The molecule has 0 bridgehead atoms. The molecule has 1 aliphatic heterocycles. The summed E-state index contributed by atoms with van der Waals surface area (Å²) in [5.41, 5.74) is 2.90. The van der Waals surface area contributed by atoms with Crippen molar-refractivity contribution in [2.24, 2.45) is 0 Å². The number of pyridine rings is 1. The number of ether oxygens (including phenoxy) is 1. The Morgan fingerprint density at radius 2 is 1.63 bits per heavy atom. The van der Waals surface area contributed by atoms with E-state index in [2.05, 4.69) is 4.98 Å². The van der Waals surface area contributed by atoms with Gasteiger partial charge in [-0.3, -0.25) is 9.78 Å². The van der Waals surface area contributed by atoms with Crippen molar-refractivity contribution in [3.8, 4) is 5.75 Å². The molecule has 154 valence electrons. The van der Waals surface area contributed by atoms with E-state index in [-0.39, 0.29) is 30.2 Å². The lowest BCUT2D eigenvalue weighted by Crippen LogP contribution is -2.34. The summed E-state index contributed by atoms with van der Waals surface area (Å²) in [6.07, 6.45) is 4.25. The van der Waals surface area contributed by atoms with Gasteiger partial charge in [-0.15, -0.1) is 0 Å². The van der Waals surface area contributed by atoms with Crippen LogP contribution in [0, 0.1) is 11.6 Å². The smallest absolute Gasteiger partial charge is 0.261 e. The first kappa shape index (κ1) is 20.0. The quantitative estimate of drug-likeness (QED) is 0.594. The SMILES string of the molecule is O=C(COc1ccc(F)cc1)N1CCC[C@H]1c1ccc(Cc2ccc(F)cc2)cn1. The normalized spacial score (nSPS) is 15.9. The molecule has 30 heavy (non-hydrogen) atoms. The molecule has 1 aliphatic rings. The molecule has 0 unspecified atom stereocenters. The highest BCUT2D eigenvalue weighted by Gasteiger charge is 2.31. The zero-order valence-corrected chi connectivity index (χ0v) is 16.4. The molecular formula is C24H22F2N2O2. The number of halogens is 2. The van der Waals surface area contributed by atoms with Gasteiger partial charge in [-0.1, -0.05) is 18.2 Å². The third-order valence-electron chi connectivity index (χ3n) is 5.26. The first-order valence-corrected chi connectivity index (χ1v) is 9.95. The number of aromatic nitrogens is 1. The largest absolute Gasteiger partial charge is 0.484 e. The highest BCUT2D eigenvalue weighted by Crippen LogP contribution is 2.31. The van der Waals surface area contributed by atoms with Gasteiger partial charge in [0.15, 0.2) is 6.61 Å². The van der Waals surface area contributed by atoms with Crippen LogP contribution in [0.2, 0.25) is 0 Å². The zero-order valence-electron chi connectivity index (χ0n) is 16.4. The Balaban J connectivity index is 1.38. The van der Waals surface area contributed by atoms with Gasteiger partial charge in [0.25, 0.3) is 5.91 Å². The van der Waals surface area contributed by atoms with Gasteiger partial charge in [0.1, 0.15) is 17.4 Å². The van der Waals surface area contributed by atoms with Gasteiger partial charge < -0.3 is 9.64 Å². The van der Waals surface area contributed by atoms with Crippen LogP contribution >= 0.6 is 0 Å². The number of rotatable bonds is 6. The summed E-state index contributed by atoms with van der Waals surface area (Å²) >= 11 is 0. The van der Waals surface area contributed by atoms with Crippen molar-refractivity contribution in [3.63, 3.8) is 0 Å². The van der Waals surface area contributed by atoms with Crippen LogP contribution in [0.1, 0.15) is 35.7 Å². The molecule has 0 N–H and O–H groups in total. The molecule has 4 rings (SSSR count). The fourth-order valence-corrected chi connectivity index (χ4v) is 3.71. The van der Waals surface area contributed by atoms with Crippen LogP contribution in [-0.2, 0) is 11.2 Å². The van der Waals surface area contributed by atoms with Crippen LogP contribution in [0.4, 0.5) is 8.78 Å². The molecule has 1 fully saturated rings. The molecule has 4 nitrogen and oxygen atoms in total. The number of amides is 1. The van der Waals surface area contributed by atoms with Gasteiger partial charge in [-0.2, -0.15) is 0 Å². The molecule has 0 radical (unpaired) electrons. The van der Waals surface area contributed by atoms with Crippen molar-refractivity contribution in [2.45, 2.75) is 25.3 Å². The third kappa shape index (κ3) is 4.82. The predicted octanol–water partition coefficient (Wildman–Crippen LogP) is 4.69. The Bertz CT molecular complexity index is 989. The summed E-state index contributed by atoms with van der Waals surface area (Å²) in [4.78, 5) is 19.1. The second-order valence-electron chi connectivity index (χ2n) is 7.38. The van der Waals surface area contributed by atoms with E-state index in [9.17, 15) is 13.6 Å². The summed E-state index contributed by atoms with van der Waals surface area (Å²) in [7, 11) is 0. The van der Waals surface area contributed by atoms with E-state index in [0.717, 1.165) is 29.7 Å². The van der Waals surface area contributed by atoms with Gasteiger partial charge >= 0.3 is 0 Å². The Kier molecular flexibility index (Phi) is 6.02. The van der Waals surface area contributed by atoms with E-state index in [1.54, 1.807) is 17.0 Å². The van der Waals surface area contributed by atoms with Crippen LogP contribution in [-0.4, -0.2) is 28.9 Å².